The molecule has 2 N–H and O–H groups in total. The molecule has 5 rings (SSSR count). The molecular formula is C26H24ClFN4O4. The fourth-order valence-electron chi connectivity index (χ4n) is 4.48. The number of hydroxylamine groups is 1. The molecule has 1 saturated heterocycles. The summed E-state index contributed by atoms with van der Waals surface area (Å²) in [5.74, 6) is -0.892. The fraction of sp³-hybridized carbons (Fsp3) is 0.269. The van der Waals surface area contributed by atoms with Crippen molar-refractivity contribution in [3.05, 3.63) is 88.0 Å². The first-order chi connectivity index (χ1) is 17.4. The van der Waals surface area contributed by atoms with Crippen molar-refractivity contribution < 1.29 is 23.3 Å². The molecule has 2 aliphatic rings. The lowest BCUT2D eigenvalue weighted by atomic mass is 9.90. The Morgan fingerprint density at radius 1 is 1.17 bits per heavy atom. The summed E-state index contributed by atoms with van der Waals surface area (Å²) in [7, 11) is 0. The molecule has 36 heavy (non-hydrogen) atoms. The van der Waals surface area contributed by atoms with E-state index in [4.69, 9.17) is 21.0 Å². The Bertz CT molecular complexity index is 1310. The Labute approximate surface area is 212 Å². The average molecular weight is 511 g/mol. The van der Waals surface area contributed by atoms with Crippen molar-refractivity contribution in [2.75, 3.05) is 13.1 Å². The summed E-state index contributed by atoms with van der Waals surface area (Å²) in [5.41, 5.74) is 3.68. The van der Waals surface area contributed by atoms with Gasteiger partial charge in [-0.1, -0.05) is 53.2 Å². The number of halogens is 2. The van der Waals surface area contributed by atoms with E-state index in [1.807, 2.05) is 30.3 Å². The maximum Gasteiger partial charge on any atom is 0.269 e. The van der Waals surface area contributed by atoms with Crippen LogP contribution >= 0.6 is 11.6 Å². The number of nitrogens with zero attached hydrogens (tertiary/aromatic N) is 2. The third kappa shape index (κ3) is 4.59. The first-order valence-electron chi connectivity index (χ1n) is 11.6. The molecule has 0 aliphatic carbocycles. The van der Waals surface area contributed by atoms with E-state index in [1.165, 1.54) is 18.2 Å². The number of hydrogen-bond acceptors (Lipinski definition) is 6. The highest BCUT2D eigenvalue weighted by Crippen LogP contribution is 2.36. The highest BCUT2D eigenvalue weighted by atomic mass is 35.5. The van der Waals surface area contributed by atoms with Crippen LogP contribution in [0.2, 0.25) is 5.02 Å². The maximum atomic E-state index is 14.5. The zero-order valence-corrected chi connectivity index (χ0v) is 20.3. The quantitative estimate of drug-likeness (QED) is 0.535. The van der Waals surface area contributed by atoms with E-state index in [1.54, 1.807) is 17.9 Å². The Balaban J connectivity index is 1.26. The first kappa shape index (κ1) is 24.0. The Hall–Kier alpha value is -3.69. The second-order valence-corrected chi connectivity index (χ2v) is 9.25. The molecule has 3 heterocycles. The number of carbonyl (C=O) groups is 2. The number of carbonyl (C=O) groups excluding carboxylic acids is 2. The SMILES string of the molecule is Cc1onc(-c2c(F)cccc2Cl)c1C(=O)N1CCC2(C=C(C(=O)NCc3ccccc3)NO2)CC1. The monoisotopic (exact) mass is 510 g/mol. The number of nitrogens with one attached hydrogen (secondary N) is 2. The van der Waals surface area contributed by atoms with Gasteiger partial charge in [-0.15, -0.1) is 0 Å². The summed E-state index contributed by atoms with van der Waals surface area (Å²) in [5, 5.41) is 6.94. The first-order valence-corrected chi connectivity index (χ1v) is 11.9. The van der Waals surface area contributed by atoms with Crippen molar-refractivity contribution in [3.8, 4) is 11.3 Å². The molecule has 0 saturated carbocycles. The summed E-state index contributed by atoms with van der Waals surface area (Å²) in [6.07, 6.45) is 2.73. The Morgan fingerprint density at radius 3 is 2.64 bits per heavy atom. The maximum absolute atomic E-state index is 14.5. The molecule has 10 heteroatoms. The minimum atomic E-state index is -0.697. The van der Waals surface area contributed by atoms with E-state index in [9.17, 15) is 14.0 Å². The molecule has 0 bridgehead atoms. The zero-order valence-electron chi connectivity index (χ0n) is 19.5. The van der Waals surface area contributed by atoms with Crippen LogP contribution in [0.5, 0.6) is 0 Å². The number of aryl methyl sites for hydroxylation is 1. The van der Waals surface area contributed by atoms with Gasteiger partial charge in [0.2, 0.25) is 0 Å². The van der Waals surface area contributed by atoms with Crippen molar-refractivity contribution in [2.24, 2.45) is 0 Å². The summed E-state index contributed by atoms with van der Waals surface area (Å²) in [4.78, 5) is 33.5. The van der Waals surface area contributed by atoms with Gasteiger partial charge in [-0.3, -0.25) is 19.9 Å². The number of likely N-dealkylation sites (tertiary alicyclic amines) is 1. The van der Waals surface area contributed by atoms with Crippen LogP contribution in [-0.2, 0) is 16.2 Å². The topological polar surface area (TPSA) is 96.7 Å². The highest BCUT2D eigenvalue weighted by Gasteiger charge is 2.42. The van der Waals surface area contributed by atoms with Crippen LogP contribution < -0.4 is 10.8 Å². The summed E-state index contributed by atoms with van der Waals surface area (Å²) >= 11 is 6.20. The molecule has 0 unspecified atom stereocenters. The number of amides is 2. The molecule has 1 fully saturated rings. The lowest BCUT2D eigenvalue weighted by Crippen LogP contribution is -2.46. The smallest absolute Gasteiger partial charge is 0.269 e. The van der Waals surface area contributed by atoms with Gasteiger partial charge in [-0.2, -0.15) is 0 Å². The van der Waals surface area contributed by atoms with Crippen LogP contribution in [0.25, 0.3) is 11.3 Å². The van der Waals surface area contributed by atoms with Gasteiger partial charge >= 0.3 is 0 Å². The Kier molecular flexibility index (Phi) is 6.51. The van der Waals surface area contributed by atoms with Crippen LogP contribution in [0.15, 0.2) is 64.8 Å². The van der Waals surface area contributed by atoms with Gasteiger partial charge in [-0.25, -0.2) is 4.39 Å². The van der Waals surface area contributed by atoms with Gasteiger partial charge in [-0.05, 0) is 30.7 Å². The predicted octanol–water partition coefficient (Wildman–Crippen LogP) is 4.15. The van der Waals surface area contributed by atoms with E-state index >= 15 is 0 Å². The largest absolute Gasteiger partial charge is 0.360 e. The van der Waals surface area contributed by atoms with Crippen molar-refractivity contribution in [1.29, 1.82) is 0 Å². The normalized spacial score (nSPS) is 16.5. The van der Waals surface area contributed by atoms with E-state index < -0.39 is 11.4 Å². The van der Waals surface area contributed by atoms with Gasteiger partial charge < -0.3 is 14.7 Å². The van der Waals surface area contributed by atoms with Gasteiger partial charge in [0.05, 0.1) is 10.6 Å². The van der Waals surface area contributed by atoms with E-state index in [0.29, 0.717) is 38.2 Å². The second kappa shape index (κ2) is 9.75. The molecule has 2 amide bonds. The standard InChI is InChI=1S/C26H24ClFN4O4/c1-16-21(23(31-35-16)22-18(27)8-5-9-19(22)28)25(34)32-12-10-26(11-13-32)14-20(30-36-26)24(33)29-15-17-6-3-2-4-7-17/h2-9,14,30H,10-13,15H2,1H3,(H,29,33). The summed E-state index contributed by atoms with van der Waals surface area (Å²) in [6, 6.07) is 13.9. The second-order valence-electron chi connectivity index (χ2n) is 8.85. The van der Waals surface area contributed by atoms with Crippen LogP contribution in [0.4, 0.5) is 4.39 Å². The predicted molar refractivity (Wildman–Crippen MR) is 130 cm³/mol. The molecule has 1 aromatic heterocycles. The number of aromatic nitrogens is 1. The van der Waals surface area contributed by atoms with E-state index in [2.05, 4.69) is 16.0 Å². The fourth-order valence-corrected chi connectivity index (χ4v) is 4.73. The van der Waals surface area contributed by atoms with Crippen molar-refractivity contribution in [2.45, 2.75) is 31.9 Å². The molecule has 3 aromatic rings. The zero-order chi connectivity index (χ0) is 25.3. The van der Waals surface area contributed by atoms with Crippen molar-refractivity contribution >= 4 is 23.4 Å². The number of rotatable bonds is 5. The molecule has 0 atom stereocenters. The molecule has 2 aromatic carbocycles. The van der Waals surface area contributed by atoms with Crippen LogP contribution in [0, 0.1) is 12.7 Å². The van der Waals surface area contributed by atoms with Crippen molar-refractivity contribution in [3.63, 3.8) is 0 Å². The van der Waals surface area contributed by atoms with E-state index in [0.717, 1.165) is 5.56 Å². The molecule has 1 spiro atoms. The van der Waals surface area contributed by atoms with Crippen LogP contribution in [0.1, 0.15) is 34.5 Å². The molecule has 2 aliphatic heterocycles. The van der Waals surface area contributed by atoms with E-state index in [-0.39, 0.29) is 39.4 Å². The lowest BCUT2D eigenvalue weighted by molar-refractivity contribution is -0.120. The Morgan fingerprint density at radius 2 is 1.92 bits per heavy atom. The minimum absolute atomic E-state index is 0.0327. The number of hydrogen-bond donors (Lipinski definition) is 2. The van der Waals surface area contributed by atoms with Gasteiger partial charge in [0.1, 0.15) is 34.1 Å². The molecule has 8 nitrogen and oxygen atoms in total. The van der Waals surface area contributed by atoms with Gasteiger partial charge in [0.25, 0.3) is 11.8 Å². The lowest BCUT2D eigenvalue weighted by Gasteiger charge is -2.36. The number of benzene rings is 2. The molecule has 186 valence electrons. The molecule has 0 radical (unpaired) electrons. The number of piperidine rings is 1. The van der Waals surface area contributed by atoms with Crippen molar-refractivity contribution in [1.82, 2.24) is 20.9 Å². The van der Waals surface area contributed by atoms with Crippen LogP contribution in [-0.4, -0.2) is 40.6 Å². The average Bonchev–Trinajstić information content (AvgIpc) is 3.47. The summed E-state index contributed by atoms with van der Waals surface area (Å²) < 4.78 is 19.8. The summed E-state index contributed by atoms with van der Waals surface area (Å²) in [6.45, 7) is 2.74. The van der Waals surface area contributed by atoms with Gasteiger partial charge in [0.15, 0.2) is 0 Å². The van der Waals surface area contributed by atoms with Crippen LogP contribution in [0.3, 0.4) is 0 Å². The third-order valence-corrected chi connectivity index (χ3v) is 6.80. The minimum Gasteiger partial charge on any atom is -0.360 e. The third-order valence-electron chi connectivity index (χ3n) is 6.49. The molecular weight excluding hydrogens is 487 g/mol. The van der Waals surface area contributed by atoms with Gasteiger partial charge in [0, 0.05) is 32.5 Å². The highest BCUT2D eigenvalue weighted by molar-refractivity contribution is 6.33.